The summed E-state index contributed by atoms with van der Waals surface area (Å²) in [7, 11) is -3.90. The molecule has 2 N–H and O–H groups in total. The predicted molar refractivity (Wildman–Crippen MR) is 84.1 cm³/mol. The Morgan fingerprint density at radius 2 is 2.00 bits per heavy atom. The zero-order valence-electron chi connectivity index (χ0n) is 11.3. The molecule has 1 heterocycles. The van der Waals surface area contributed by atoms with Crippen LogP contribution >= 0.6 is 27.5 Å². The second-order valence-electron chi connectivity index (χ2n) is 4.39. The normalized spacial score (nSPS) is 11.7. The Kier molecular flexibility index (Phi) is 4.67. The Morgan fingerprint density at radius 3 is 2.62 bits per heavy atom. The van der Waals surface area contributed by atoms with Gasteiger partial charge in [0.25, 0.3) is 10.0 Å². The summed E-state index contributed by atoms with van der Waals surface area (Å²) in [5.41, 5.74) is 0.558. The number of anilines is 1. The van der Waals surface area contributed by atoms with Gasteiger partial charge in [0, 0.05) is 5.56 Å². The van der Waals surface area contributed by atoms with Gasteiger partial charge >= 0.3 is 0 Å². The monoisotopic (exact) mass is 393 g/mol. The van der Waals surface area contributed by atoms with Crippen LogP contribution in [-0.4, -0.2) is 13.5 Å². The lowest BCUT2D eigenvalue weighted by atomic mass is 10.2. The van der Waals surface area contributed by atoms with E-state index in [1.807, 2.05) is 0 Å². The van der Waals surface area contributed by atoms with Gasteiger partial charge in [0.05, 0.1) is 21.8 Å². The molecule has 0 aliphatic carbocycles. The van der Waals surface area contributed by atoms with Crippen LogP contribution in [0.5, 0.6) is 0 Å². The minimum absolute atomic E-state index is 0.0469. The number of benzene rings is 1. The van der Waals surface area contributed by atoms with Crippen LogP contribution in [0.1, 0.15) is 17.1 Å². The number of hydrogen-bond donors (Lipinski definition) is 2. The molecule has 0 aliphatic rings. The smallest absolute Gasteiger partial charge is 0.265 e. The lowest BCUT2D eigenvalue weighted by molar-refractivity contribution is 0.276. The first kappa shape index (κ1) is 16.4. The quantitative estimate of drug-likeness (QED) is 0.830. The fourth-order valence-electron chi connectivity index (χ4n) is 2.02. The molecule has 1 aromatic heterocycles. The molecule has 0 bridgehead atoms. The van der Waals surface area contributed by atoms with Gasteiger partial charge in [0.15, 0.2) is 0 Å². The maximum Gasteiger partial charge on any atom is 0.265 e. The minimum Gasteiger partial charge on any atom is -0.465 e. The summed E-state index contributed by atoms with van der Waals surface area (Å²) < 4.78 is 33.2. The van der Waals surface area contributed by atoms with Crippen molar-refractivity contribution in [1.29, 1.82) is 0 Å². The fourth-order valence-corrected chi connectivity index (χ4v) is 4.21. The molecule has 1 aromatic carbocycles. The van der Waals surface area contributed by atoms with Gasteiger partial charge in [0.1, 0.15) is 16.4 Å². The number of aliphatic hydroxyl groups is 1. The highest BCUT2D eigenvalue weighted by Crippen LogP contribution is 2.33. The first-order valence-corrected chi connectivity index (χ1v) is 8.60. The second-order valence-corrected chi connectivity index (χ2v) is 7.21. The molecule has 0 atom stereocenters. The Balaban J connectivity index is 2.51. The predicted octanol–water partition coefficient (Wildman–Crippen LogP) is 3.61. The molecular weight excluding hydrogens is 382 g/mol. The molecule has 0 saturated heterocycles. The van der Waals surface area contributed by atoms with E-state index in [1.165, 1.54) is 6.92 Å². The van der Waals surface area contributed by atoms with Crippen molar-refractivity contribution in [2.45, 2.75) is 25.3 Å². The van der Waals surface area contributed by atoms with Gasteiger partial charge in [-0.15, -0.1) is 0 Å². The largest absolute Gasteiger partial charge is 0.465 e. The van der Waals surface area contributed by atoms with Crippen LogP contribution in [0.15, 0.2) is 32.0 Å². The third-order valence-electron chi connectivity index (χ3n) is 2.95. The zero-order chi connectivity index (χ0) is 15.8. The van der Waals surface area contributed by atoms with E-state index < -0.39 is 16.6 Å². The number of nitrogens with one attached hydrogen (secondary N) is 1. The summed E-state index contributed by atoms with van der Waals surface area (Å²) >= 11 is 9.18. The van der Waals surface area contributed by atoms with Crippen molar-refractivity contribution in [3.63, 3.8) is 0 Å². The molecule has 0 aliphatic heterocycles. The molecule has 114 valence electrons. The Bertz CT molecular complexity index is 786. The van der Waals surface area contributed by atoms with E-state index in [-0.39, 0.29) is 16.2 Å². The maximum atomic E-state index is 12.5. The number of furan rings is 1. The molecule has 0 fully saturated rings. The number of aryl methyl sites for hydroxylation is 2. The van der Waals surface area contributed by atoms with E-state index in [9.17, 15) is 13.5 Å². The number of rotatable bonds is 4. The van der Waals surface area contributed by atoms with Crippen molar-refractivity contribution in [2.75, 3.05) is 4.72 Å². The highest BCUT2D eigenvalue weighted by atomic mass is 79.9. The topological polar surface area (TPSA) is 79.5 Å². The van der Waals surface area contributed by atoms with Gasteiger partial charge < -0.3 is 9.52 Å². The van der Waals surface area contributed by atoms with Crippen LogP contribution in [0.3, 0.4) is 0 Å². The molecule has 21 heavy (non-hydrogen) atoms. The Hall–Kier alpha value is -1.02. The minimum atomic E-state index is -3.90. The maximum absolute atomic E-state index is 12.5. The summed E-state index contributed by atoms with van der Waals surface area (Å²) in [5, 5.41) is 9.74. The van der Waals surface area contributed by atoms with Gasteiger partial charge in [-0.25, -0.2) is 8.42 Å². The van der Waals surface area contributed by atoms with Gasteiger partial charge in [-0.2, -0.15) is 0 Å². The SMILES string of the molecule is Cc1oc(C)c(S(=O)(=O)Nc2cccc(Cl)c2Br)c1CO. The van der Waals surface area contributed by atoms with Crippen LogP contribution in [0.25, 0.3) is 0 Å². The van der Waals surface area contributed by atoms with Gasteiger partial charge in [0.2, 0.25) is 0 Å². The van der Waals surface area contributed by atoms with Crippen molar-refractivity contribution in [3.05, 3.63) is 44.8 Å². The number of hydrogen-bond acceptors (Lipinski definition) is 4. The molecule has 0 amide bonds. The molecule has 2 rings (SSSR count). The van der Waals surface area contributed by atoms with E-state index in [0.717, 1.165) is 0 Å². The van der Waals surface area contributed by atoms with Gasteiger partial charge in [-0.1, -0.05) is 17.7 Å². The van der Waals surface area contributed by atoms with Crippen LogP contribution in [0.2, 0.25) is 5.02 Å². The van der Waals surface area contributed by atoms with Crippen LogP contribution < -0.4 is 4.72 Å². The van der Waals surface area contributed by atoms with Crippen LogP contribution in [0, 0.1) is 13.8 Å². The lowest BCUT2D eigenvalue weighted by Crippen LogP contribution is -2.15. The molecule has 0 saturated carbocycles. The first-order valence-electron chi connectivity index (χ1n) is 5.94. The van der Waals surface area contributed by atoms with E-state index in [4.69, 9.17) is 16.0 Å². The summed E-state index contributed by atoms with van der Waals surface area (Å²) in [5.74, 6) is 0.600. The Labute approximate surface area is 136 Å². The van der Waals surface area contributed by atoms with Gasteiger partial charge in [-0.3, -0.25) is 4.72 Å². The molecular formula is C13H13BrClNO4S. The van der Waals surface area contributed by atoms with E-state index in [0.29, 0.717) is 20.9 Å². The summed E-state index contributed by atoms with van der Waals surface area (Å²) in [6.45, 7) is 2.72. The molecule has 2 aromatic rings. The van der Waals surface area contributed by atoms with E-state index in [1.54, 1.807) is 25.1 Å². The number of sulfonamides is 1. The van der Waals surface area contributed by atoms with Crippen molar-refractivity contribution in [1.82, 2.24) is 0 Å². The molecule has 0 spiro atoms. The number of halogens is 2. The lowest BCUT2D eigenvalue weighted by Gasteiger charge is -2.11. The van der Waals surface area contributed by atoms with Crippen molar-refractivity contribution < 1.29 is 17.9 Å². The molecule has 0 radical (unpaired) electrons. The van der Waals surface area contributed by atoms with Crippen molar-refractivity contribution in [3.8, 4) is 0 Å². The van der Waals surface area contributed by atoms with Gasteiger partial charge in [-0.05, 0) is 41.9 Å². The van der Waals surface area contributed by atoms with Crippen LogP contribution in [0.4, 0.5) is 5.69 Å². The second kappa shape index (κ2) is 6.00. The van der Waals surface area contributed by atoms with E-state index in [2.05, 4.69) is 20.7 Å². The molecule has 5 nitrogen and oxygen atoms in total. The highest BCUT2D eigenvalue weighted by molar-refractivity contribution is 9.10. The third-order valence-corrected chi connectivity index (χ3v) is 5.91. The standard InChI is InChI=1S/C13H13BrClNO4S/c1-7-9(6-17)13(8(2)20-7)21(18,19)16-11-5-3-4-10(15)12(11)14/h3-5,16-17H,6H2,1-2H3. The average Bonchev–Trinajstić information content (AvgIpc) is 2.69. The first-order chi connectivity index (χ1) is 9.77. The van der Waals surface area contributed by atoms with Crippen molar-refractivity contribution >= 4 is 43.2 Å². The third kappa shape index (κ3) is 3.11. The van der Waals surface area contributed by atoms with E-state index >= 15 is 0 Å². The molecule has 0 unspecified atom stereocenters. The number of aliphatic hydroxyl groups excluding tert-OH is 1. The molecule has 8 heteroatoms. The Morgan fingerprint density at radius 1 is 1.33 bits per heavy atom. The summed E-state index contributed by atoms with van der Waals surface area (Å²) in [6, 6.07) is 4.84. The zero-order valence-corrected chi connectivity index (χ0v) is 14.4. The van der Waals surface area contributed by atoms with Crippen LogP contribution in [-0.2, 0) is 16.6 Å². The van der Waals surface area contributed by atoms with Crippen molar-refractivity contribution in [2.24, 2.45) is 0 Å². The summed E-state index contributed by atoms with van der Waals surface area (Å²) in [4.78, 5) is -0.0469. The average molecular weight is 395 g/mol. The summed E-state index contributed by atoms with van der Waals surface area (Å²) in [6.07, 6.45) is 0. The fraction of sp³-hybridized carbons (Fsp3) is 0.231. The highest BCUT2D eigenvalue weighted by Gasteiger charge is 2.27.